The lowest BCUT2D eigenvalue weighted by molar-refractivity contribution is 0.102. The quantitative estimate of drug-likeness (QED) is 0.542. The summed E-state index contributed by atoms with van der Waals surface area (Å²) in [6, 6.07) is 5.35. The fourth-order valence-electron chi connectivity index (χ4n) is 1.34. The van der Waals surface area contributed by atoms with Crippen LogP contribution in [-0.2, 0) is 0 Å². The molecule has 0 aliphatic heterocycles. The van der Waals surface area contributed by atoms with Gasteiger partial charge in [-0.1, -0.05) is 6.07 Å². The molecule has 0 saturated carbocycles. The van der Waals surface area contributed by atoms with Crippen molar-refractivity contribution in [3.05, 3.63) is 42.0 Å². The Labute approximate surface area is 103 Å². The van der Waals surface area contributed by atoms with Crippen molar-refractivity contribution in [2.75, 3.05) is 10.7 Å². The van der Waals surface area contributed by atoms with Crippen LogP contribution < -0.4 is 16.6 Å². The lowest BCUT2D eigenvalue weighted by Crippen LogP contribution is -2.17. The van der Waals surface area contributed by atoms with Crippen LogP contribution >= 0.6 is 0 Å². The van der Waals surface area contributed by atoms with Crippen molar-refractivity contribution >= 4 is 17.5 Å². The maximum Gasteiger partial charge on any atom is 0.277 e. The number of aromatic nitrogens is 3. The smallest absolute Gasteiger partial charge is 0.277 e. The van der Waals surface area contributed by atoms with Crippen molar-refractivity contribution in [2.45, 2.75) is 6.92 Å². The molecule has 0 unspecified atom stereocenters. The average Bonchev–Trinajstić information content (AvgIpc) is 2.39. The number of nitrogens with two attached hydrogens (primary N) is 1. The average molecular weight is 244 g/mol. The van der Waals surface area contributed by atoms with E-state index in [1.807, 2.05) is 19.1 Å². The number of carbonyl (C=O) groups excluding carboxylic acids is 1. The van der Waals surface area contributed by atoms with E-state index in [9.17, 15) is 4.79 Å². The molecule has 92 valence electrons. The Morgan fingerprint density at radius 2 is 2.06 bits per heavy atom. The van der Waals surface area contributed by atoms with Crippen LogP contribution in [0.5, 0.6) is 0 Å². The Hall–Kier alpha value is -2.54. The summed E-state index contributed by atoms with van der Waals surface area (Å²) in [5.41, 5.74) is 3.30. The van der Waals surface area contributed by atoms with E-state index in [0.717, 1.165) is 5.69 Å². The Balaban J connectivity index is 2.16. The third kappa shape index (κ3) is 2.77. The molecule has 0 aliphatic rings. The van der Waals surface area contributed by atoms with Gasteiger partial charge in [0.25, 0.3) is 5.91 Å². The van der Waals surface area contributed by atoms with Gasteiger partial charge in [-0.2, -0.15) is 0 Å². The molecule has 2 rings (SSSR count). The molecule has 0 saturated heterocycles. The van der Waals surface area contributed by atoms with Crippen molar-refractivity contribution < 1.29 is 4.79 Å². The van der Waals surface area contributed by atoms with E-state index in [0.29, 0.717) is 11.6 Å². The Bertz CT molecular complexity index is 571. The largest absolute Gasteiger partial charge is 0.307 e. The first kappa shape index (κ1) is 11.9. The van der Waals surface area contributed by atoms with Gasteiger partial charge in [0, 0.05) is 5.69 Å². The maximum absolute atomic E-state index is 11.9. The molecule has 0 radical (unpaired) electrons. The molecule has 0 bridgehead atoms. The monoisotopic (exact) mass is 244 g/mol. The number of hydrogen-bond acceptors (Lipinski definition) is 6. The zero-order valence-corrected chi connectivity index (χ0v) is 9.71. The van der Waals surface area contributed by atoms with Gasteiger partial charge < -0.3 is 10.7 Å². The number of amides is 1. The molecule has 7 nitrogen and oxygen atoms in total. The van der Waals surface area contributed by atoms with E-state index in [1.165, 1.54) is 12.4 Å². The van der Waals surface area contributed by atoms with Crippen LogP contribution in [0.1, 0.15) is 16.2 Å². The van der Waals surface area contributed by atoms with Crippen LogP contribution in [0.15, 0.2) is 30.6 Å². The van der Waals surface area contributed by atoms with Gasteiger partial charge in [0.05, 0.1) is 12.4 Å². The summed E-state index contributed by atoms with van der Waals surface area (Å²) < 4.78 is 0. The minimum absolute atomic E-state index is 0.161. The molecule has 4 N–H and O–H groups in total. The van der Waals surface area contributed by atoms with Crippen molar-refractivity contribution in [2.24, 2.45) is 5.84 Å². The van der Waals surface area contributed by atoms with Gasteiger partial charge in [0.1, 0.15) is 11.5 Å². The van der Waals surface area contributed by atoms with Crippen molar-refractivity contribution in [3.63, 3.8) is 0 Å². The first-order chi connectivity index (χ1) is 8.69. The number of hydrazine groups is 1. The number of nitrogens with one attached hydrogen (secondary N) is 2. The summed E-state index contributed by atoms with van der Waals surface area (Å²) in [5.74, 6) is 5.59. The second kappa shape index (κ2) is 5.19. The number of anilines is 2. The molecule has 0 aromatic carbocycles. The van der Waals surface area contributed by atoms with Crippen LogP contribution in [-0.4, -0.2) is 20.9 Å². The third-order valence-corrected chi connectivity index (χ3v) is 2.14. The Kier molecular flexibility index (Phi) is 3.44. The van der Waals surface area contributed by atoms with Gasteiger partial charge >= 0.3 is 0 Å². The third-order valence-electron chi connectivity index (χ3n) is 2.14. The first-order valence-electron chi connectivity index (χ1n) is 5.22. The molecule has 7 heteroatoms. The highest BCUT2D eigenvalue weighted by atomic mass is 16.1. The molecular formula is C11H12N6O. The second-order valence-corrected chi connectivity index (χ2v) is 3.55. The molecular weight excluding hydrogens is 232 g/mol. The number of pyridine rings is 1. The molecule has 2 aromatic rings. The molecule has 1 amide bonds. The first-order valence-corrected chi connectivity index (χ1v) is 5.22. The topological polar surface area (TPSA) is 106 Å². The molecule has 0 fully saturated rings. The lowest BCUT2D eigenvalue weighted by atomic mass is 10.3. The number of rotatable bonds is 3. The fraction of sp³-hybridized carbons (Fsp3) is 0.0909. The highest BCUT2D eigenvalue weighted by Gasteiger charge is 2.09. The summed E-state index contributed by atoms with van der Waals surface area (Å²) in [6.07, 6.45) is 2.77. The van der Waals surface area contributed by atoms with Gasteiger partial charge in [-0.25, -0.2) is 15.8 Å². The van der Waals surface area contributed by atoms with E-state index < -0.39 is 5.91 Å². The Morgan fingerprint density at radius 3 is 2.78 bits per heavy atom. The minimum atomic E-state index is -0.391. The van der Waals surface area contributed by atoms with Gasteiger partial charge in [-0.3, -0.25) is 9.78 Å². The molecule has 0 atom stereocenters. The van der Waals surface area contributed by atoms with E-state index in [2.05, 4.69) is 25.7 Å². The van der Waals surface area contributed by atoms with Crippen LogP contribution in [0.25, 0.3) is 0 Å². The standard InChI is InChI=1S/C11H12N6O/c1-7-3-2-4-9(14-7)16-11(18)8-5-13-6-10(15-8)17-12/h2-6H,12H2,1H3,(H,15,17)(H,14,16,18). The number of aryl methyl sites for hydroxylation is 1. The normalized spacial score (nSPS) is 9.89. The summed E-state index contributed by atoms with van der Waals surface area (Å²) in [5, 5.41) is 2.63. The lowest BCUT2D eigenvalue weighted by Gasteiger charge is -2.05. The van der Waals surface area contributed by atoms with Crippen LogP contribution in [0.3, 0.4) is 0 Å². The van der Waals surface area contributed by atoms with Crippen molar-refractivity contribution in [3.8, 4) is 0 Å². The van der Waals surface area contributed by atoms with E-state index in [-0.39, 0.29) is 5.69 Å². The molecule has 0 spiro atoms. The fourth-order valence-corrected chi connectivity index (χ4v) is 1.34. The summed E-state index contributed by atoms with van der Waals surface area (Å²) in [4.78, 5) is 23.9. The zero-order valence-electron chi connectivity index (χ0n) is 9.71. The van der Waals surface area contributed by atoms with E-state index in [4.69, 9.17) is 5.84 Å². The van der Waals surface area contributed by atoms with E-state index >= 15 is 0 Å². The predicted molar refractivity (Wildman–Crippen MR) is 66.8 cm³/mol. The maximum atomic E-state index is 11.9. The highest BCUT2D eigenvalue weighted by Crippen LogP contribution is 2.07. The SMILES string of the molecule is Cc1cccc(NC(=O)c2cncc(NN)n2)n1. The minimum Gasteiger partial charge on any atom is -0.307 e. The van der Waals surface area contributed by atoms with Crippen LogP contribution in [0.2, 0.25) is 0 Å². The molecule has 2 aromatic heterocycles. The van der Waals surface area contributed by atoms with Gasteiger partial charge in [0.15, 0.2) is 5.82 Å². The number of nitrogens with zero attached hydrogens (tertiary/aromatic N) is 3. The van der Waals surface area contributed by atoms with Crippen molar-refractivity contribution in [1.82, 2.24) is 15.0 Å². The zero-order chi connectivity index (χ0) is 13.0. The molecule has 18 heavy (non-hydrogen) atoms. The summed E-state index contributed by atoms with van der Waals surface area (Å²) >= 11 is 0. The second-order valence-electron chi connectivity index (χ2n) is 3.55. The number of hydrogen-bond donors (Lipinski definition) is 3. The summed E-state index contributed by atoms with van der Waals surface area (Å²) in [6.45, 7) is 1.84. The van der Waals surface area contributed by atoms with Crippen molar-refractivity contribution in [1.29, 1.82) is 0 Å². The van der Waals surface area contributed by atoms with Crippen LogP contribution in [0, 0.1) is 6.92 Å². The number of nitrogen functional groups attached to an aromatic ring is 1. The van der Waals surface area contributed by atoms with E-state index in [1.54, 1.807) is 6.07 Å². The summed E-state index contributed by atoms with van der Waals surface area (Å²) in [7, 11) is 0. The van der Waals surface area contributed by atoms with Gasteiger partial charge in [-0.15, -0.1) is 0 Å². The van der Waals surface area contributed by atoms with Gasteiger partial charge in [-0.05, 0) is 19.1 Å². The highest BCUT2D eigenvalue weighted by molar-refractivity contribution is 6.02. The number of carbonyl (C=O) groups is 1. The van der Waals surface area contributed by atoms with Crippen LogP contribution in [0.4, 0.5) is 11.6 Å². The Morgan fingerprint density at radius 1 is 1.22 bits per heavy atom. The molecule has 0 aliphatic carbocycles. The predicted octanol–water partition coefficient (Wildman–Crippen LogP) is 0.718. The molecule has 2 heterocycles. The van der Waals surface area contributed by atoms with Gasteiger partial charge in [0.2, 0.25) is 0 Å².